The van der Waals surface area contributed by atoms with Crippen molar-refractivity contribution in [2.24, 2.45) is 0 Å². The van der Waals surface area contributed by atoms with Gasteiger partial charge in [-0.3, -0.25) is 0 Å². The second kappa shape index (κ2) is 11.8. The Morgan fingerprint density at radius 1 is 0.429 bits per heavy atom. The van der Waals surface area contributed by atoms with Crippen molar-refractivity contribution in [3.63, 3.8) is 0 Å². The van der Waals surface area contributed by atoms with Gasteiger partial charge in [0.2, 0.25) is 0 Å². The fraction of sp³-hybridized carbons (Fsp3) is 0.107. The molecule has 9 aromatic rings. The number of hydrogen-bond acceptors (Lipinski definition) is 0. The van der Waals surface area contributed by atoms with E-state index >= 15 is 0 Å². The van der Waals surface area contributed by atoms with Gasteiger partial charge in [0, 0.05) is 5.41 Å². The van der Waals surface area contributed by atoms with Gasteiger partial charge in [0.15, 0.2) is 0 Å². The third-order valence-electron chi connectivity index (χ3n) is 13.3. The van der Waals surface area contributed by atoms with E-state index in [2.05, 4.69) is 184 Å². The van der Waals surface area contributed by atoms with Gasteiger partial charge in [-0.05, 0) is 165 Å². The molecule has 0 N–H and O–H groups in total. The molecule has 264 valence electrons. The van der Waals surface area contributed by atoms with Gasteiger partial charge < -0.3 is 0 Å². The van der Waals surface area contributed by atoms with E-state index in [-0.39, 0.29) is 5.41 Å². The molecule has 0 amide bonds. The van der Waals surface area contributed by atoms with Gasteiger partial charge in [0.05, 0.1) is 0 Å². The van der Waals surface area contributed by atoms with Crippen LogP contribution in [0.4, 0.5) is 0 Å². The predicted molar refractivity (Wildman–Crippen MR) is 238 cm³/mol. The van der Waals surface area contributed by atoms with Gasteiger partial charge >= 0.3 is 0 Å². The van der Waals surface area contributed by atoms with Crippen molar-refractivity contribution < 1.29 is 0 Å². The summed E-state index contributed by atoms with van der Waals surface area (Å²) in [5.74, 6) is 0. The van der Waals surface area contributed by atoms with E-state index in [0.717, 1.165) is 19.3 Å². The summed E-state index contributed by atoms with van der Waals surface area (Å²) in [4.78, 5) is 0. The lowest BCUT2D eigenvalue weighted by Gasteiger charge is -2.26. The molecule has 56 heavy (non-hydrogen) atoms. The molecule has 9 aromatic carbocycles. The topological polar surface area (TPSA) is 0 Å². The zero-order valence-electron chi connectivity index (χ0n) is 31.8. The van der Waals surface area contributed by atoms with Crippen molar-refractivity contribution in [3.8, 4) is 55.6 Å². The second-order valence-corrected chi connectivity index (χ2v) is 16.7. The molecule has 12 rings (SSSR count). The van der Waals surface area contributed by atoms with Crippen molar-refractivity contribution in [2.75, 3.05) is 0 Å². The van der Waals surface area contributed by atoms with Gasteiger partial charge in [-0.15, -0.1) is 0 Å². The summed E-state index contributed by atoms with van der Waals surface area (Å²) >= 11 is 0. The minimum absolute atomic E-state index is 0.159. The first-order valence-corrected chi connectivity index (χ1v) is 20.2. The van der Waals surface area contributed by atoms with Crippen LogP contribution >= 0.6 is 0 Å². The van der Waals surface area contributed by atoms with Crippen LogP contribution < -0.4 is 0 Å². The maximum atomic E-state index is 2.54. The van der Waals surface area contributed by atoms with E-state index < -0.39 is 0 Å². The van der Waals surface area contributed by atoms with Crippen molar-refractivity contribution in [1.82, 2.24) is 0 Å². The number of fused-ring (bicyclic) bond motifs is 10. The Labute approximate surface area is 328 Å². The van der Waals surface area contributed by atoms with Gasteiger partial charge in [0.25, 0.3) is 0 Å². The molecule has 0 saturated carbocycles. The lowest BCUT2D eigenvalue weighted by atomic mass is 9.78. The minimum Gasteiger partial charge on any atom is -0.0836 e. The quantitative estimate of drug-likeness (QED) is 0.171. The van der Waals surface area contributed by atoms with Crippen LogP contribution in [0.15, 0.2) is 164 Å². The number of allylic oxidation sites excluding steroid dienone is 1. The summed E-state index contributed by atoms with van der Waals surface area (Å²) in [6, 6.07) is 59.9. The van der Waals surface area contributed by atoms with Crippen molar-refractivity contribution in [1.29, 1.82) is 0 Å². The SMILES string of the molecule is CC1(C)c2cc(-c3c4c(cc5ccccc35)-c3ccccc3C4)ccc2-c2ccc(-c3c4c(c(-c5ccc6ccccc6c5)c5ccccc35)C=CCC4)cc21. The Kier molecular flexibility index (Phi) is 6.68. The number of rotatable bonds is 3. The summed E-state index contributed by atoms with van der Waals surface area (Å²) in [7, 11) is 0. The fourth-order valence-electron chi connectivity index (χ4n) is 10.7. The van der Waals surface area contributed by atoms with Crippen LogP contribution in [0.2, 0.25) is 0 Å². The van der Waals surface area contributed by atoms with E-state index in [1.54, 1.807) is 0 Å². The van der Waals surface area contributed by atoms with E-state index in [9.17, 15) is 0 Å². The summed E-state index contributed by atoms with van der Waals surface area (Å²) in [5.41, 5.74) is 22.0. The Bertz CT molecular complexity index is 3190. The molecule has 0 spiro atoms. The highest BCUT2D eigenvalue weighted by Gasteiger charge is 2.37. The van der Waals surface area contributed by atoms with Gasteiger partial charge in [-0.2, -0.15) is 0 Å². The summed E-state index contributed by atoms with van der Waals surface area (Å²) in [5, 5.41) is 7.87. The van der Waals surface area contributed by atoms with E-state index in [1.807, 2.05) is 0 Å². The molecule has 3 aliphatic rings. The second-order valence-electron chi connectivity index (χ2n) is 16.7. The maximum absolute atomic E-state index is 2.54. The maximum Gasteiger partial charge on any atom is 0.0159 e. The van der Waals surface area contributed by atoms with Crippen LogP contribution in [0.25, 0.3) is 94.0 Å². The molecule has 0 saturated heterocycles. The highest BCUT2D eigenvalue weighted by Crippen LogP contribution is 2.54. The molecule has 0 fully saturated rings. The molecule has 0 heteroatoms. The molecule has 0 atom stereocenters. The van der Waals surface area contributed by atoms with Crippen LogP contribution in [-0.4, -0.2) is 0 Å². The van der Waals surface area contributed by atoms with Crippen molar-refractivity contribution >= 4 is 38.4 Å². The van der Waals surface area contributed by atoms with E-state index in [0.29, 0.717) is 0 Å². The molecular weight excluding hydrogens is 673 g/mol. The molecule has 0 heterocycles. The molecule has 0 aliphatic heterocycles. The predicted octanol–water partition coefficient (Wildman–Crippen LogP) is 15.0. The Balaban J connectivity index is 1.02. The first-order chi connectivity index (χ1) is 27.5. The highest BCUT2D eigenvalue weighted by molar-refractivity contribution is 6.11. The first-order valence-electron chi connectivity index (χ1n) is 20.2. The van der Waals surface area contributed by atoms with Gasteiger partial charge in [-0.1, -0.05) is 159 Å². The summed E-state index contributed by atoms with van der Waals surface area (Å²) in [6.07, 6.45) is 7.84. The fourth-order valence-corrected chi connectivity index (χ4v) is 10.7. The van der Waals surface area contributed by atoms with Crippen LogP contribution in [0.1, 0.15) is 53.6 Å². The number of benzene rings is 9. The monoisotopic (exact) mass is 712 g/mol. The average Bonchev–Trinajstić information content (AvgIpc) is 3.72. The smallest absolute Gasteiger partial charge is 0.0159 e. The zero-order valence-corrected chi connectivity index (χ0v) is 31.8. The zero-order chi connectivity index (χ0) is 37.1. The molecule has 3 aliphatic carbocycles. The highest BCUT2D eigenvalue weighted by atomic mass is 14.4. The lowest BCUT2D eigenvalue weighted by Crippen LogP contribution is -2.15. The number of hydrogen-bond donors (Lipinski definition) is 0. The van der Waals surface area contributed by atoms with Crippen molar-refractivity contribution in [2.45, 2.75) is 38.5 Å². The Morgan fingerprint density at radius 3 is 1.79 bits per heavy atom. The first kappa shape index (κ1) is 31.8. The van der Waals surface area contributed by atoms with Crippen LogP contribution in [0.5, 0.6) is 0 Å². The Morgan fingerprint density at radius 2 is 1.02 bits per heavy atom. The lowest BCUT2D eigenvalue weighted by molar-refractivity contribution is 0.661. The minimum atomic E-state index is -0.159. The summed E-state index contributed by atoms with van der Waals surface area (Å²) in [6.45, 7) is 4.88. The molecule has 0 radical (unpaired) electrons. The van der Waals surface area contributed by atoms with Gasteiger partial charge in [-0.25, -0.2) is 0 Å². The average molecular weight is 713 g/mol. The third-order valence-corrected chi connectivity index (χ3v) is 13.3. The molecule has 0 unspecified atom stereocenters. The largest absolute Gasteiger partial charge is 0.0836 e. The van der Waals surface area contributed by atoms with Crippen LogP contribution in [0.3, 0.4) is 0 Å². The summed E-state index contributed by atoms with van der Waals surface area (Å²) < 4.78 is 0. The molecule has 0 aromatic heterocycles. The standard InChI is InChI=1S/C56H40/c1-56(2)51-32-39(53-42-18-8-6-16-37(42)30-49-41-17-7-5-15-36(41)31-50(49)53)25-27-43(51)44-28-26-40(33-52(44)56)55-47-21-11-9-19-45(47)54(46-20-10-12-22-48(46)55)38-24-23-34-13-3-4-14-35(34)29-38/h3-11,13-21,23-30,32-33H,12,22,31H2,1-2H3. The Hall–Kier alpha value is -6.50. The van der Waals surface area contributed by atoms with Crippen molar-refractivity contribution in [3.05, 3.63) is 197 Å². The molecule has 0 bridgehead atoms. The third kappa shape index (κ3) is 4.47. The van der Waals surface area contributed by atoms with E-state index in [4.69, 9.17) is 0 Å². The van der Waals surface area contributed by atoms with Crippen LogP contribution in [-0.2, 0) is 18.3 Å². The van der Waals surface area contributed by atoms with E-state index in [1.165, 1.54) is 121 Å². The normalized spacial score (nSPS) is 14.5. The van der Waals surface area contributed by atoms with Gasteiger partial charge in [0.1, 0.15) is 0 Å². The molecule has 0 nitrogen and oxygen atoms in total. The van der Waals surface area contributed by atoms with Crippen LogP contribution in [0, 0.1) is 0 Å². The molecular formula is C56H40.